The molecule has 8 aliphatic rings. The number of carbonyl (C=O) groups is 2. The summed E-state index contributed by atoms with van der Waals surface area (Å²) in [7, 11) is 0. The minimum Gasteiger partial charge on any atom is -0.326 e. The van der Waals surface area contributed by atoms with E-state index in [1.54, 1.807) is 0 Å². The van der Waals surface area contributed by atoms with Crippen LogP contribution in [0, 0.1) is 39.1 Å². The molecule has 0 aliphatic heterocycles. The zero-order chi connectivity index (χ0) is 34.9. The van der Waals surface area contributed by atoms with Crippen LogP contribution in [0.25, 0.3) is 0 Å². The van der Waals surface area contributed by atoms with Gasteiger partial charge in [-0.1, -0.05) is 24.3 Å². The number of carbonyl (C=O) groups excluding carboxylic acids is 2. The molecule has 8 bridgehead atoms. The van der Waals surface area contributed by atoms with Crippen LogP contribution in [0.1, 0.15) is 101 Å². The molecule has 9 heteroatoms. The van der Waals surface area contributed by atoms with Crippen LogP contribution in [0.2, 0.25) is 0 Å². The van der Waals surface area contributed by atoms with Crippen LogP contribution in [0.4, 0.5) is 11.4 Å². The van der Waals surface area contributed by atoms with Crippen molar-refractivity contribution in [2.45, 2.75) is 114 Å². The van der Waals surface area contributed by atoms with Crippen molar-refractivity contribution < 1.29 is 9.59 Å². The molecule has 2 amide bonds. The van der Waals surface area contributed by atoms with Gasteiger partial charge < -0.3 is 10.6 Å². The maximum absolute atomic E-state index is 13.3. The summed E-state index contributed by atoms with van der Waals surface area (Å²) in [5, 5.41) is 5.96. The zero-order valence-corrected chi connectivity index (χ0v) is 31.5. The highest BCUT2D eigenvalue weighted by Gasteiger charge is 2.52. The third-order valence-electron chi connectivity index (χ3n) is 14.0. The van der Waals surface area contributed by atoms with Crippen LogP contribution in [0.3, 0.4) is 0 Å². The molecule has 2 N–H and O–H groups in total. The fourth-order valence-electron chi connectivity index (χ4n) is 12.6. The summed E-state index contributed by atoms with van der Waals surface area (Å²) < 4.78 is 2.88. The molecule has 8 nitrogen and oxygen atoms in total. The van der Waals surface area contributed by atoms with Crippen molar-refractivity contribution >= 4 is 45.8 Å². The van der Waals surface area contributed by atoms with Crippen molar-refractivity contribution in [3.05, 3.63) is 90.3 Å². The summed E-state index contributed by atoms with van der Waals surface area (Å²) in [6, 6.07) is 16.8. The molecule has 0 unspecified atom stereocenters. The highest BCUT2D eigenvalue weighted by Crippen LogP contribution is 2.62. The molecule has 0 radical (unpaired) electrons. The van der Waals surface area contributed by atoms with Gasteiger partial charge in [0.25, 0.3) is 5.56 Å². The van der Waals surface area contributed by atoms with Gasteiger partial charge >= 0.3 is 5.69 Å². The number of nitrogens with zero attached hydrogens (tertiary/aromatic N) is 2. The Morgan fingerprint density at radius 2 is 0.980 bits per heavy atom. The number of anilines is 2. The Kier molecular flexibility index (Phi) is 8.58. The van der Waals surface area contributed by atoms with Crippen LogP contribution < -0.4 is 21.9 Å². The Balaban J connectivity index is 0.790. The second-order valence-corrected chi connectivity index (χ2v) is 18.7. The Morgan fingerprint density at radius 3 is 1.37 bits per heavy atom. The van der Waals surface area contributed by atoms with Crippen molar-refractivity contribution in [3.8, 4) is 0 Å². The molecule has 0 saturated heterocycles. The van der Waals surface area contributed by atoms with Gasteiger partial charge in [-0.3, -0.25) is 23.5 Å². The first-order chi connectivity index (χ1) is 24.6. The molecule has 3 aromatic rings. The van der Waals surface area contributed by atoms with Gasteiger partial charge in [-0.2, -0.15) is 0 Å². The highest BCUT2D eigenvalue weighted by molar-refractivity contribution is 14.1. The Bertz CT molecular complexity index is 1890. The molecule has 1 aromatic heterocycles. The number of amides is 2. The lowest BCUT2D eigenvalue weighted by Crippen LogP contribution is -2.48. The predicted octanol–water partition coefficient (Wildman–Crippen LogP) is 7.61. The third-order valence-corrected chi connectivity index (χ3v) is 14.7. The van der Waals surface area contributed by atoms with Crippen LogP contribution in [0.5, 0.6) is 0 Å². The first kappa shape index (κ1) is 33.6. The van der Waals surface area contributed by atoms with Crippen molar-refractivity contribution in [3.63, 3.8) is 0 Å². The van der Waals surface area contributed by atoms with Crippen molar-refractivity contribution in [1.82, 2.24) is 9.13 Å². The summed E-state index contributed by atoms with van der Waals surface area (Å²) in [4.78, 5) is 52.2. The Morgan fingerprint density at radius 1 is 0.608 bits per heavy atom. The molecule has 8 aliphatic carbocycles. The molecule has 1 heterocycles. The molecule has 8 saturated carbocycles. The van der Waals surface area contributed by atoms with Gasteiger partial charge in [-0.25, -0.2) is 4.79 Å². The average Bonchev–Trinajstić information content (AvgIpc) is 3.09. The summed E-state index contributed by atoms with van der Waals surface area (Å²) in [6.45, 7) is 0.0998. The molecule has 268 valence electrons. The van der Waals surface area contributed by atoms with Crippen molar-refractivity contribution in [1.29, 1.82) is 0 Å². The van der Waals surface area contributed by atoms with E-state index in [2.05, 4.69) is 34.9 Å². The van der Waals surface area contributed by atoms with Gasteiger partial charge in [0.2, 0.25) is 11.8 Å². The standard InChI is InChI=1S/C42H49IN4O4/c43-36-25-46(11-9-37(48)44-34-5-1-32(2-6-34)41-19-26-13-27(20-41)15-28(14-26)21-41)40(51)47(39(36)50)12-10-38(49)45-35-7-3-33(4-8-35)42-22-29-16-30(23-42)18-31(17-29)24-42/h1-8,25-31H,9-24H2,(H,44,48)(H,45,49). The van der Waals surface area contributed by atoms with E-state index in [4.69, 9.17) is 0 Å². The number of nitrogens with one attached hydrogen (secondary N) is 2. The van der Waals surface area contributed by atoms with E-state index in [1.807, 2.05) is 46.9 Å². The van der Waals surface area contributed by atoms with Gasteiger partial charge in [-0.05, 0) is 181 Å². The Labute approximate surface area is 313 Å². The van der Waals surface area contributed by atoms with Crippen molar-refractivity contribution in [2.75, 3.05) is 10.6 Å². The van der Waals surface area contributed by atoms with E-state index in [0.717, 1.165) is 51.4 Å². The van der Waals surface area contributed by atoms with Gasteiger partial charge in [-0.15, -0.1) is 0 Å². The maximum atomic E-state index is 13.3. The fraction of sp³-hybridized carbons (Fsp3) is 0.571. The summed E-state index contributed by atoms with van der Waals surface area (Å²) >= 11 is 1.92. The largest absolute Gasteiger partial charge is 0.331 e. The number of hydrogen-bond donors (Lipinski definition) is 2. The van der Waals surface area contributed by atoms with Gasteiger partial charge in [0.15, 0.2) is 0 Å². The van der Waals surface area contributed by atoms with E-state index < -0.39 is 11.2 Å². The first-order valence-electron chi connectivity index (χ1n) is 19.4. The zero-order valence-electron chi connectivity index (χ0n) is 29.4. The number of aryl methyl sites for hydroxylation is 1. The SMILES string of the molecule is O=C(CCn1cc(I)c(=O)n(CCC(=O)Nc2ccc(C34CC5CC(CC(C5)C3)C4)cc2)c1=O)Nc1ccc(C23CC4CC(CC(C4)C2)C3)cc1. The van der Waals surface area contributed by atoms with Crippen molar-refractivity contribution in [2.24, 2.45) is 35.5 Å². The summed E-state index contributed by atoms with van der Waals surface area (Å²) in [6.07, 6.45) is 17.9. The molecule has 0 atom stereocenters. The maximum Gasteiger partial charge on any atom is 0.331 e. The molecule has 11 rings (SSSR count). The number of halogens is 1. The monoisotopic (exact) mass is 800 g/mol. The molecular formula is C42H49IN4O4. The first-order valence-corrected chi connectivity index (χ1v) is 20.5. The molecule has 51 heavy (non-hydrogen) atoms. The molecule has 2 aromatic carbocycles. The van der Waals surface area contributed by atoms with Crippen LogP contribution in [-0.4, -0.2) is 20.9 Å². The number of benzene rings is 2. The number of hydrogen-bond acceptors (Lipinski definition) is 4. The summed E-state index contributed by atoms with van der Waals surface area (Å²) in [5.41, 5.74) is 4.00. The second kappa shape index (κ2) is 13.0. The van der Waals surface area contributed by atoms with Gasteiger partial charge in [0, 0.05) is 43.5 Å². The summed E-state index contributed by atoms with van der Waals surface area (Å²) in [5.74, 6) is 4.83. The molecular weight excluding hydrogens is 751 g/mol. The van der Waals surface area contributed by atoms with E-state index in [1.165, 1.54) is 98.9 Å². The normalized spacial score (nSPS) is 32.6. The lowest BCUT2D eigenvalue weighted by molar-refractivity contribution is -0.117. The predicted molar refractivity (Wildman–Crippen MR) is 207 cm³/mol. The van der Waals surface area contributed by atoms with Gasteiger partial charge in [0.1, 0.15) is 0 Å². The Hall–Kier alpha value is -3.21. The number of rotatable bonds is 10. The molecule has 8 fully saturated rings. The average molecular weight is 801 g/mol. The topological polar surface area (TPSA) is 102 Å². The lowest BCUT2D eigenvalue weighted by Gasteiger charge is -2.57. The van der Waals surface area contributed by atoms with Crippen LogP contribution in [0.15, 0.2) is 64.3 Å². The lowest BCUT2D eigenvalue weighted by atomic mass is 9.48. The van der Waals surface area contributed by atoms with E-state index >= 15 is 0 Å². The van der Waals surface area contributed by atoms with E-state index in [-0.39, 0.29) is 37.7 Å². The minimum atomic E-state index is -0.513. The highest BCUT2D eigenvalue weighted by atomic mass is 127. The number of aromatic nitrogens is 2. The fourth-order valence-corrected chi connectivity index (χ4v) is 13.2. The molecule has 0 spiro atoms. The van der Waals surface area contributed by atoms with Crippen LogP contribution in [-0.2, 0) is 33.5 Å². The van der Waals surface area contributed by atoms with Crippen LogP contribution >= 0.6 is 22.6 Å². The quantitative estimate of drug-likeness (QED) is 0.206. The van der Waals surface area contributed by atoms with Gasteiger partial charge in [0.05, 0.1) is 3.57 Å². The third kappa shape index (κ3) is 6.43. The smallest absolute Gasteiger partial charge is 0.326 e. The second-order valence-electron chi connectivity index (χ2n) is 17.6. The van der Waals surface area contributed by atoms with E-state index in [0.29, 0.717) is 14.4 Å². The van der Waals surface area contributed by atoms with E-state index in [9.17, 15) is 19.2 Å². The minimum absolute atomic E-state index is 0.00823.